The molecule has 0 aliphatic carbocycles. The van der Waals surface area contributed by atoms with E-state index in [9.17, 15) is 4.79 Å². The van der Waals surface area contributed by atoms with Crippen molar-refractivity contribution in [2.75, 3.05) is 31.1 Å². The Hall–Kier alpha value is -1.11. The van der Waals surface area contributed by atoms with E-state index in [4.69, 9.17) is 0 Å². The molecule has 2 N–H and O–H groups in total. The van der Waals surface area contributed by atoms with Crippen molar-refractivity contribution in [3.8, 4) is 0 Å². The van der Waals surface area contributed by atoms with Crippen LogP contribution < -0.4 is 15.5 Å². The van der Waals surface area contributed by atoms with E-state index in [1.807, 2.05) is 6.07 Å². The molecule has 0 spiro atoms. The largest absolute Gasteiger partial charge is 0.355 e. The highest BCUT2D eigenvalue weighted by Crippen LogP contribution is 2.16. The number of nitrogens with one attached hydrogen (secondary N) is 2. The second-order valence-corrected chi connectivity index (χ2v) is 5.47. The zero-order valence-corrected chi connectivity index (χ0v) is 14.1. The summed E-state index contributed by atoms with van der Waals surface area (Å²) in [6, 6.07) is 3.93. The van der Waals surface area contributed by atoms with Gasteiger partial charge in [-0.1, -0.05) is 0 Å². The lowest BCUT2D eigenvalue weighted by Gasteiger charge is -2.23. The third kappa shape index (κ3) is 4.69. The van der Waals surface area contributed by atoms with Crippen molar-refractivity contribution < 1.29 is 4.79 Å². The molecule has 0 radical (unpaired) electrons. The van der Waals surface area contributed by atoms with Gasteiger partial charge in [-0.3, -0.25) is 4.79 Å². The van der Waals surface area contributed by atoms with Crippen LogP contribution in [0.15, 0.2) is 12.1 Å². The van der Waals surface area contributed by atoms with Crippen molar-refractivity contribution in [1.29, 1.82) is 0 Å². The first kappa shape index (κ1) is 18.9. The first-order chi connectivity index (χ1) is 9.83. The van der Waals surface area contributed by atoms with Gasteiger partial charge in [0.1, 0.15) is 0 Å². The Kier molecular flexibility index (Phi) is 7.85. The smallest absolute Gasteiger partial charge is 0.272 e. The van der Waals surface area contributed by atoms with E-state index in [0.29, 0.717) is 5.69 Å². The average Bonchev–Trinajstić information content (AvgIpc) is 3.03. The van der Waals surface area contributed by atoms with Gasteiger partial charge in [0, 0.05) is 19.1 Å². The number of rotatable bonds is 3. The fourth-order valence-corrected chi connectivity index (χ4v) is 2.79. The van der Waals surface area contributed by atoms with Gasteiger partial charge in [-0.25, -0.2) is 0 Å². The number of aromatic nitrogens is 2. The second-order valence-electron chi connectivity index (χ2n) is 5.47. The molecular formula is C14H23Cl2N5O. The first-order valence-corrected chi connectivity index (χ1v) is 7.43. The van der Waals surface area contributed by atoms with Crippen molar-refractivity contribution in [3.63, 3.8) is 0 Å². The molecule has 0 atom stereocenters. The molecular weight excluding hydrogens is 325 g/mol. The van der Waals surface area contributed by atoms with Crippen molar-refractivity contribution >= 4 is 36.5 Å². The first-order valence-electron chi connectivity index (χ1n) is 7.43. The van der Waals surface area contributed by atoms with Crippen molar-refractivity contribution in [3.05, 3.63) is 17.8 Å². The maximum Gasteiger partial charge on any atom is 0.272 e. The number of hydrogen-bond acceptors (Lipinski definition) is 5. The maximum absolute atomic E-state index is 12.1. The van der Waals surface area contributed by atoms with Crippen LogP contribution in [0, 0.1) is 0 Å². The van der Waals surface area contributed by atoms with E-state index < -0.39 is 0 Å². The molecule has 2 fully saturated rings. The molecule has 0 unspecified atom stereocenters. The van der Waals surface area contributed by atoms with Crippen LogP contribution in [0.25, 0.3) is 0 Å². The zero-order chi connectivity index (χ0) is 13.8. The molecule has 2 saturated heterocycles. The summed E-state index contributed by atoms with van der Waals surface area (Å²) < 4.78 is 0. The Morgan fingerprint density at radius 1 is 1.14 bits per heavy atom. The molecule has 1 aromatic heterocycles. The van der Waals surface area contributed by atoms with Crippen LogP contribution in [-0.2, 0) is 0 Å². The van der Waals surface area contributed by atoms with Gasteiger partial charge in [0.2, 0.25) is 0 Å². The summed E-state index contributed by atoms with van der Waals surface area (Å²) in [5.41, 5.74) is 0.409. The zero-order valence-electron chi connectivity index (χ0n) is 12.5. The van der Waals surface area contributed by atoms with Gasteiger partial charge < -0.3 is 15.5 Å². The molecule has 2 aliphatic rings. The molecule has 1 amide bonds. The number of anilines is 1. The average molecular weight is 348 g/mol. The quantitative estimate of drug-likeness (QED) is 0.864. The van der Waals surface area contributed by atoms with Crippen LogP contribution >= 0.6 is 24.8 Å². The van der Waals surface area contributed by atoms with Crippen LogP contribution in [-0.4, -0.2) is 48.3 Å². The van der Waals surface area contributed by atoms with Crippen LogP contribution in [0.4, 0.5) is 5.82 Å². The maximum atomic E-state index is 12.1. The molecule has 0 aromatic carbocycles. The Balaban J connectivity index is 0.00000121. The fourth-order valence-electron chi connectivity index (χ4n) is 2.79. The Labute approximate surface area is 143 Å². The van der Waals surface area contributed by atoms with Gasteiger partial charge in [0.25, 0.3) is 5.91 Å². The number of hydrogen-bond donors (Lipinski definition) is 2. The van der Waals surface area contributed by atoms with Crippen LogP contribution in [0.1, 0.15) is 36.2 Å². The predicted octanol–water partition coefficient (Wildman–Crippen LogP) is 1.40. The molecule has 6 nitrogen and oxygen atoms in total. The number of piperidine rings is 1. The van der Waals surface area contributed by atoms with E-state index in [-0.39, 0.29) is 36.8 Å². The highest BCUT2D eigenvalue weighted by Gasteiger charge is 2.18. The number of amides is 1. The standard InChI is InChI=1S/C14H21N5O.2ClH/c20-14(16-11-5-7-15-8-6-11)12-3-4-13(18-17-12)19-9-1-2-10-19;;/h3-4,11,15H,1-2,5-10H2,(H,16,20);2*1H. The lowest BCUT2D eigenvalue weighted by atomic mass is 10.1. The second kappa shape index (κ2) is 9.12. The molecule has 1 aromatic rings. The van der Waals surface area contributed by atoms with E-state index in [1.165, 1.54) is 12.8 Å². The number of carbonyl (C=O) groups is 1. The molecule has 0 bridgehead atoms. The Morgan fingerprint density at radius 3 is 2.41 bits per heavy atom. The Morgan fingerprint density at radius 2 is 1.82 bits per heavy atom. The molecule has 3 heterocycles. The number of halogens is 2. The molecule has 8 heteroatoms. The minimum Gasteiger partial charge on any atom is -0.355 e. The third-order valence-electron chi connectivity index (χ3n) is 3.99. The van der Waals surface area contributed by atoms with Gasteiger partial charge in [-0.2, -0.15) is 0 Å². The highest BCUT2D eigenvalue weighted by atomic mass is 35.5. The summed E-state index contributed by atoms with van der Waals surface area (Å²) in [5.74, 6) is 0.762. The van der Waals surface area contributed by atoms with Gasteiger partial charge in [-0.15, -0.1) is 35.0 Å². The third-order valence-corrected chi connectivity index (χ3v) is 3.99. The minimum absolute atomic E-state index is 0. The van der Waals surface area contributed by atoms with Crippen LogP contribution in [0.5, 0.6) is 0 Å². The lowest BCUT2D eigenvalue weighted by molar-refractivity contribution is 0.0923. The summed E-state index contributed by atoms with van der Waals surface area (Å²) in [4.78, 5) is 14.3. The SMILES string of the molecule is Cl.Cl.O=C(NC1CCNCC1)c1ccc(N2CCCC2)nn1. The van der Waals surface area contributed by atoms with Gasteiger partial charge >= 0.3 is 0 Å². The lowest BCUT2D eigenvalue weighted by Crippen LogP contribution is -2.43. The van der Waals surface area contributed by atoms with Crippen molar-refractivity contribution in [2.45, 2.75) is 31.7 Å². The summed E-state index contributed by atoms with van der Waals surface area (Å²) in [6.45, 7) is 4.00. The van der Waals surface area contributed by atoms with E-state index in [0.717, 1.165) is 44.8 Å². The van der Waals surface area contributed by atoms with Gasteiger partial charge in [-0.05, 0) is 50.9 Å². The number of carbonyl (C=O) groups excluding carboxylic acids is 1. The summed E-state index contributed by atoms with van der Waals surface area (Å²) >= 11 is 0. The predicted molar refractivity (Wildman–Crippen MR) is 91.3 cm³/mol. The molecule has 2 aliphatic heterocycles. The molecule has 124 valence electrons. The molecule has 3 rings (SSSR count). The Bertz CT molecular complexity index is 459. The highest BCUT2D eigenvalue weighted by molar-refractivity contribution is 5.92. The topological polar surface area (TPSA) is 70.2 Å². The summed E-state index contributed by atoms with van der Waals surface area (Å²) in [6.07, 6.45) is 4.37. The van der Waals surface area contributed by atoms with Gasteiger partial charge in [0.05, 0.1) is 0 Å². The van der Waals surface area contributed by atoms with Crippen molar-refractivity contribution in [1.82, 2.24) is 20.8 Å². The normalized spacial score (nSPS) is 18.3. The van der Waals surface area contributed by atoms with E-state index in [2.05, 4.69) is 25.7 Å². The minimum atomic E-state index is -0.114. The summed E-state index contributed by atoms with van der Waals surface area (Å²) in [5, 5.41) is 14.6. The van der Waals surface area contributed by atoms with E-state index in [1.54, 1.807) is 6.07 Å². The number of nitrogens with zero attached hydrogens (tertiary/aromatic N) is 3. The van der Waals surface area contributed by atoms with Gasteiger partial charge in [0.15, 0.2) is 11.5 Å². The fraction of sp³-hybridized carbons (Fsp3) is 0.643. The van der Waals surface area contributed by atoms with Crippen molar-refractivity contribution in [2.24, 2.45) is 0 Å². The molecule has 0 saturated carbocycles. The summed E-state index contributed by atoms with van der Waals surface area (Å²) in [7, 11) is 0. The van der Waals surface area contributed by atoms with Crippen LogP contribution in [0.3, 0.4) is 0 Å². The van der Waals surface area contributed by atoms with Crippen LogP contribution in [0.2, 0.25) is 0 Å². The monoisotopic (exact) mass is 347 g/mol. The van der Waals surface area contributed by atoms with E-state index >= 15 is 0 Å². The molecule has 22 heavy (non-hydrogen) atoms.